The van der Waals surface area contributed by atoms with Gasteiger partial charge in [-0.05, 0) is 39.4 Å². The van der Waals surface area contributed by atoms with Crippen molar-refractivity contribution in [2.75, 3.05) is 25.3 Å². The fourth-order valence-electron chi connectivity index (χ4n) is 1.39. The first-order valence-corrected chi connectivity index (χ1v) is 9.17. The van der Waals surface area contributed by atoms with Crippen LogP contribution in [0.1, 0.15) is 40.0 Å². The lowest BCUT2D eigenvalue weighted by atomic mass is 10.2. The van der Waals surface area contributed by atoms with Gasteiger partial charge in [0.15, 0.2) is 0 Å². The van der Waals surface area contributed by atoms with E-state index in [1.54, 1.807) is 13.0 Å². The van der Waals surface area contributed by atoms with Gasteiger partial charge < -0.3 is 20.7 Å². The summed E-state index contributed by atoms with van der Waals surface area (Å²) in [5.41, 5.74) is 5.01. The number of nitrogens with two attached hydrogens (primary N) is 1. The number of hydrogen-bond acceptors (Lipinski definition) is 5. The average Bonchev–Trinajstić information content (AvgIpc) is 2.57. The minimum Gasteiger partial charge on any atom is -0.400 e. The first kappa shape index (κ1) is 28.3. The largest absolute Gasteiger partial charge is 0.400 e. The highest BCUT2D eigenvalue weighted by Gasteiger charge is 2.08. The first-order valence-electron chi connectivity index (χ1n) is 8.02. The zero-order chi connectivity index (χ0) is 19.2. The summed E-state index contributed by atoms with van der Waals surface area (Å²) < 4.78 is 28.3. The average molecular weight is 372 g/mol. The maximum atomic E-state index is 12.3. The molecular formula is C17H35F2NO3S. The number of rotatable bonds is 5. The van der Waals surface area contributed by atoms with E-state index < -0.39 is 6.17 Å². The number of allylic oxidation sites excluding steroid dienone is 3. The van der Waals surface area contributed by atoms with Crippen molar-refractivity contribution in [3.63, 3.8) is 0 Å². The molecule has 1 saturated heterocycles. The van der Waals surface area contributed by atoms with E-state index in [1.807, 2.05) is 25.6 Å². The highest BCUT2D eigenvalue weighted by Crippen LogP contribution is 2.15. The summed E-state index contributed by atoms with van der Waals surface area (Å²) in [7, 11) is 1.00. The fourth-order valence-corrected chi connectivity index (χ4v) is 2.36. The summed E-state index contributed by atoms with van der Waals surface area (Å²) in [6.45, 7) is 5.96. The molecule has 2 atom stereocenters. The summed E-state index contributed by atoms with van der Waals surface area (Å²) in [5, 5.41) is 15.9. The number of aliphatic hydroxyl groups is 2. The number of halogens is 2. The molecule has 2 unspecified atom stereocenters. The Morgan fingerprint density at radius 1 is 1.38 bits per heavy atom. The fraction of sp³-hybridized carbons (Fsp3) is 0.765. The van der Waals surface area contributed by atoms with Crippen molar-refractivity contribution in [3.8, 4) is 0 Å². The van der Waals surface area contributed by atoms with Gasteiger partial charge in [0.1, 0.15) is 6.17 Å². The smallest absolute Gasteiger partial charge is 0.122 e. The van der Waals surface area contributed by atoms with Crippen molar-refractivity contribution in [2.24, 2.45) is 5.73 Å². The van der Waals surface area contributed by atoms with Crippen LogP contribution in [0.3, 0.4) is 0 Å². The molecule has 0 spiro atoms. The normalized spacial score (nSPS) is 18.2. The number of hydrogen-bond donors (Lipinski definition) is 3. The van der Waals surface area contributed by atoms with E-state index in [4.69, 9.17) is 20.7 Å². The van der Waals surface area contributed by atoms with Crippen LogP contribution in [0.4, 0.5) is 8.78 Å². The molecule has 4 N–H and O–H groups in total. The zero-order valence-corrected chi connectivity index (χ0v) is 16.1. The predicted molar refractivity (Wildman–Crippen MR) is 101 cm³/mol. The zero-order valence-electron chi connectivity index (χ0n) is 15.3. The Balaban J connectivity index is -0.000000266. The van der Waals surface area contributed by atoms with Crippen LogP contribution in [-0.2, 0) is 4.74 Å². The SMILES string of the molecule is C/C=C\C(F)C/C=C/F.CC(C)OCN.CO.OC1CCCSC1. The predicted octanol–water partition coefficient (Wildman–Crippen LogP) is 3.58. The maximum absolute atomic E-state index is 12.3. The molecule has 0 amide bonds. The molecule has 0 bridgehead atoms. The second kappa shape index (κ2) is 24.8. The lowest BCUT2D eigenvalue weighted by Gasteiger charge is -2.14. The van der Waals surface area contributed by atoms with Gasteiger partial charge in [-0.1, -0.05) is 18.2 Å². The Hall–Kier alpha value is -0.470. The summed E-state index contributed by atoms with van der Waals surface area (Å²) in [5.74, 6) is 2.21. The third-order valence-electron chi connectivity index (χ3n) is 2.42. The topological polar surface area (TPSA) is 75.7 Å². The molecule has 1 aliphatic rings. The monoisotopic (exact) mass is 371 g/mol. The Morgan fingerprint density at radius 3 is 2.25 bits per heavy atom. The highest BCUT2D eigenvalue weighted by atomic mass is 32.2. The van der Waals surface area contributed by atoms with Crippen molar-refractivity contribution in [2.45, 2.75) is 58.4 Å². The van der Waals surface area contributed by atoms with E-state index >= 15 is 0 Å². The van der Waals surface area contributed by atoms with Gasteiger partial charge in [-0.15, -0.1) is 0 Å². The van der Waals surface area contributed by atoms with Gasteiger partial charge in [0.05, 0.1) is 25.3 Å². The van der Waals surface area contributed by atoms with E-state index in [0.717, 1.165) is 25.4 Å². The number of ether oxygens (including phenoxy) is 1. The van der Waals surface area contributed by atoms with Crippen LogP contribution in [-0.4, -0.2) is 53.9 Å². The van der Waals surface area contributed by atoms with Gasteiger partial charge >= 0.3 is 0 Å². The Morgan fingerprint density at radius 2 is 2.00 bits per heavy atom. The molecule has 24 heavy (non-hydrogen) atoms. The Bertz CT molecular complexity index is 275. The van der Waals surface area contributed by atoms with E-state index in [1.165, 1.54) is 18.2 Å². The van der Waals surface area contributed by atoms with Crippen LogP contribution < -0.4 is 5.73 Å². The van der Waals surface area contributed by atoms with Crippen molar-refractivity contribution >= 4 is 11.8 Å². The number of thioether (sulfide) groups is 1. The quantitative estimate of drug-likeness (QED) is 0.509. The third-order valence-corrected chi connectivity index (χ3v) is 3.62. The molecule has 0 aliphatic carbocycles. The molecule has 1 heterocycles. The molecule has 146 valence electrons. The van der Waals surface area contributed by atoms with E-state index in [0.29, 0.717) is 13.1 Å². The van der Waals surface area contributed by atoms with E-state index in [9.17, 15) is 8.78 Å². The van der Waals surface area contributed by atoms with Gasteiger partial charge in [0.25, 0.3) is 0 Å². The van der Waals surface area contributed by atoms with Crippen molar-refractivity contribution in [3.05, 3.63) is 24.6 Å². The van der Waals surface area contributed by atoms with Crippen LogP contribution in [0, 0.1) is 0 Å². The van der Waals surface area contributed by atoms with Gasteiger partial charge in [0, 0.05) is 19.3 Å². The van der Waals surface area contributed by atoms with Crippen molar-refractivity contribution < 1.29 is 23.7 Å². The summed E-state index contributed by atoms with van der Waals surface area (Å²) >= 11 is 1.85. The summed E-state index contributed by atoms with van der Waals surface area (Å²) in [6.07, 6.45) is 6.09. The molecule has 0 saturated carbocycles. The van der Waals surface area contributed by atoms with Crippen LogP contribution in [0.15, 0.2) is 24.6 Å². The maximum Gasteiger partial charge on any atom is 0.122 e. The molecule has 7 heteroatoms. The molecule has 1 aliphatic heterocycles. The first-order chi connectivity index (χ1) is 11.5. The van der Waals surface area contributed by atoms with Gasteiger partial charge in [0.2, 0.25) is 0 Å². The second-order valence-corrected chi connectivity index (χ2v) is 6.04. The molecular weight excluding hydrogens is 336 g/mol. The van der Waals surface area contributed by atoms with Gasteiger partial charge in [-0.3, -0.25) is 0 Å². The van der Waals surface area contributed by atoms with Crippen LogP contribution >= 0.6 is 11.8 Å². The van der Waals surface area contributed by atoms with Crippen LogP contribution in [0.25, 0.3) is 0 Å². The standard InChI is InChI=1S/C7H10F2.C5H10OS.C4H11NO.CH4O/c1-2-4-7(9)5-3-6-8;6-5-2-1-3-7-4-5;1-4(2)6-3-5;1-2/h2-4,6-7H,5H2,1H3;5-6H,1-4H2;4H,3,5H2,1-2H3;2H,1H3/b4-2-,6-3+;;;. The molecule has 0 aromatic rings. The second-order valence-electron chi connectivity index (χ2n) is 4.89. The highest BCUT2D eigenvalue weighted by molar-refractivity contribution is 7.99. The van der Waals surface area contributed by atoms with Gasteiger partial charge in [-0.2, -0.15) is 11.8 Å². The van der Waals surface area contributed by atoms with E-state index in [-0.39, 0.29) is 18.6 Å². The van der Waals surface area contributed by atoms with Crippen molar-refractivity contribution in [1.82, 2.24) is 0 Å². The lowest BCUT2D eigenvalue weighted by Crippen LogP contribution is -2.14. The molecule has 1 rings (SSSR count). The van der Waals surface area contributed by atoms with Gasteiger partial charge in [-0.25, -0.2) is 8.78 Å². The van der Waals surface area contributed by atoms with E-state index in [2.05, 4.69) is 0 Å². The Kier molecular flexibility index (Phi) is 29.3. The third kappa shape index (κ3) is 29.5. The van der Waals surface area contributed by atoms with Crippen LogP contribution in [0.2, 0.25) is 0 Å². The molecule has 0 aromatic carbocycles. The Labute approximate surface area is 150 Å². The molecule has 0 radical (unpaired) electrons. The number of alkyl halides is 1. The summed E-state index contributed by atoms with van der Waals surface area (Å²) in [6, 6.07) is 0. The molecule has 1 fully saturated rings. The molecule has 4 nitrogen and oxygen atoms in total. The van der Waals surface area contributed by atoms with Crippen molar-refractivity contribution in [1.29, 1.82) is 0 Å². The lowest BCUT2D eigenvalue weighted by molar-refractivity contribution is 0.0843. The minimum atomic E-state index is -1.04. The van der Waals surface area contributed by atoms with Crippen LogP contribution in [0.5, 0.6) is 0 Å². The molecule has 0 aromatic heterocycles. The minimum absolute atomic E-state index is 0.00116. The number of aliphatic hydroxyl groups excluding tert-OH is 2. The summed E-state index contributed by atoms with van der Waals surface area (Å²) in [4.78, 5) is 0.